The van der Waals surface area contributed by atoms with E-state index in [9.17, 15) is 0 Å². The van der Waals surface area contributed by atoms with Gasteiger partial charge in [0.15, 0.2) is 0 Å². The van der Waals surface area contributed by atoms with Crippen molar-refractivity contribution >= 4 is 23.5 Å². The van der Waals surface area contributed by atoms with E-state index in [1.165, 1.54) is 12.8 Å². The molecule has 0 spiro atoms. The van der Waals surface area contributed by atoms with Gasteiger partial charge in [-0.05, 0) is 25.0 Å². The summed E-state index contributed by atoms with van der Waals surface area (Å²) in [4.78, 5) is 17.1. The molecule has 6 heteroatoms. The fourth-order valence-corrected chi connectivity index (χ4v) is 2.34. The van der Waals surface area contributed by atoms with Gasteiger partial charge in [0, 0.05) is 25.8 Å². The number of hydrogen-bond donors (Lipinski definition) is 1. The third-order valence-corrected chi connectivity index (χ3v) is 3.46. The highest BCUT2D eigenvalue weighted by Gasteiger charge is 2.18. The molecule has 2 aromatic rings. The maximum absolute atomic E-state index is 5.83. The summed E-state index contributed by atoms with van der Waals surface area (Å²) in [7, 11) is 1.93. The van der Waals surface area contributed by atoms with Crippen molar-refractivity contribution in [1.29, 1.82) is 0 Å². The number of nitrogens with zero attached hydrogens (tertiary/aromatic N) is 5. The second kappa shape index (κ2) is 5.32. The van der Waals surface area contributed by atoms with Gasteiger partial charge in [0.2, 0.25) is 17.8 Å². The van der Waals surface area contributed by atoms with Gasteiger partial charge >= 0.3 is 0 Å². The SMILES string of the molecule is CN(c1ccccc1)c1nc(N)nc(N2CCCC2)n1. The van der Waals surface area contributed by atoms with Crippen LogP contribution in [0.1, 0.15) is 12.8 Å². The largest absolute Gasteiger partial charge is 0.368 e. The summed E-state index contributed by atoms with van der Waals surface area (Å²) in [5.74, 6) is 1.51. The first-order valence-corrected chi connectivity index (χ1v) is 6.79. The predicted octanol–water partition coefficient (Wildman–Crippen LogP) is 1.82. The third kappa shape index (κ3) is 2.49. The molecule has 1 aliphatic rings. The van der Waals surface area contributed by atoms with Gasteiger partial charge in [0.25, 0.3) is 0 Å². The molecule has 1 fully saturated rings. The molecule has 1 aromatic heterocycles. The molecular weight excluding hydrogens is 252 g/mol. The quantitative estimate of drug-likeness (QED) is 0.917. The number of aromatic nitrogens is 3. The fraction of sp³-hybridized carbons (Fsp3) is 0.357. The molecule has 1 aliphatic heterocycles. The Bertz CT molecular complexity index is 579. The Hall–Kier alpha value is -2.37. The van der Waals surface area contributed by atoms with Crippen molar-refractivity contribution in [2.75, 3.05) is 35.7 Å². The van der Waals surface area contributed by atoms with Crippen LogP contribution >= 0.6 is 0 Å². The Kier molecular flexibility index (Phi) is 3.37. The van der Waals surface area contributed by atoms with E-state index in [4.69, 9.17) is 5.73 Å². The van der Waals surface area contributed by atoms with Crippen LogP contribution in [0.3, 0.4) is 0 Å². The average molecular weight is 270 g/mol. The lowest BCUT2D eigenvalue weighted by molar-refractivity contribution is 0.875. The standard InChI is InChI=1S/C14H18N6/c1-19(11-7-3-2-4-8-11)13-16-12(15)17-14(18-13)20-9-5-6-10-20/h2-4,7-8H,5-6,9-10H2,1H3,(H2,15,16,17,18). The summed E-state index contributed by atoms with van der Waals surface area (Å²) >= 11 is 0. The van der Waals surface area contributed by atoms with Crippen LogP contribution in [0, 0.1) is 0 Å². The van der Waals surface area contributed by atoms with Crippen LogP contribution < -0.4 is 15.5 Å². The zero-order chi connectivity index (χ0) is 13.9. The van der Waals surface area contributed by atoms with Crippen molar-refractivity contribution in [3.8, 4) is 0 Å². The molecule has 0 atom stereocenters. The number of benzene rings is 1. The first-order valence-electron chi connectivity index (χ1n) is 6.79. The molecule has 0 radical (unpaired) electrons. The normalized spacial score (nSPS) is 14.6. The molecule has 0 aliphatic carbocycles. The summed E-state index contributed by atoms with van der Waals surface area (Å²) in [6, 6.07) is 9.97. The van der Waals surface area contributed by atoms with Crippen molar-refractivity contribution in [3.63, 3.8) is 0 Å². The van der Waals surface area contributed by atoms with E-state index < -0.39 is 0 Å². The average Bonchev–Trinajstić information content (AvgIpc) is 3.01. The van der Waals surface area contributed by atoms with Crippen LogP contribution in [0.25, 0.3) is 0 Å². The zero-order valence-corrected chi connectivity index (χ0v) is 11.5. The van der Waals surface area contributed by atoms with Gasteiger partial charge in [-0.25, -0.2) is 0 Å². The Morgan fingerprint density at radius 3 is 2.45 bits per heavy atom. The van der Waals surface area contributed by atoms with Crippen LogP contribution in [-0.4, -0.2) is 35.1 Å². The molecular formula is C14H18N6. The van der Waals surface area contributed by atoms with E-state index in [0.29, 0.717) is 11.9 Å². The maximum atomic E-state index is 5.83. The molecule has 0 unspecified atom stereocenters. The Morgan fingerprint density at radius 2 is 1.75 bits per heavy atom. The maximum Gasteiger partial charge on any atom is 0.236 e. The molecule has 1 aromatic carbocycles. The van der Waals surface area contributed by atoms with Crippen molar-refractivity contribution in [2.45, 2.75) is 12.8 Å². The molecule has 20 heavy (non-hydrogen) atoms. The van der Waals surface area contributed by atoms with Gasteiger partial charge in [-0.15, -0.1) is 0 Å². The van der Waals surface area contributed by atoms with Gasteiger partial charge in [-0.2, -0.15) is 15.0 Å². The minimum atomic E-state index is 0.264. The minimum Gasteiger partial charge on any atom is -0.368 e. The van der Waals surface area contributed by atoms with Gasteiger partial charge in [0.1, 0.15) is 0 Å². The molecule has 2 N–H and O–H groups in total. The highest BCUT2D eigenvalue weighted by molar-refractivity contribution is 5.58. The minimum absolute atomic E-state index is 0.264. The van der Waals surface area contributed by atoms with Crippen LogP contribution in [0.4, 0.5) is 23.5 Å². The molecule has 0 bridgehead atoms. The molecule has 2 heterocycles. The van der Waals surface area contributed by atoms with E-state index in [1.807, 2.05) is 42.3 Å². The first kappa shape index (κ1) is 12.7. The van der Waals surface area contributed by atoms with E-state index in [-0.39, 0.29) is 5.95 Å². The summed E-state index contributed by atoms with van der Waals surface area (Å²) in [5, 5.41) is 0. The van der Waals surface area contributed by atoms with E-state index in [2.05, 4.69) is 19.9 Å². The number of nitrogens with two attached hydrogens (primary N) is 1. The number of anilines is 4. The molecule has 0 saturated carbocycles. The highest BCUT2D eigenvalue weighted by Crippen LogP contribution is 2.23. The second-order valence-corrected chi connectivity index (χ2v) is 4.88. The first-order chi connectivity index (χ1) is 9.74. The van der Waals surface area contributed by atoms with Crippen LogP contribution in [0.5, 0.6) is 0 Å². The van der Waals surface area contributed by atoms with E-state index in [1.54, 1.807) is 0 Å². The smallest absolute Gasteiger partial charge is 0.236 e. The van der Waals surface area contributed by atoms with E-state index in [0.717, 1.165) is 18.8 Å². The zero-order valence-electron chi connectivity index (χ0n) is 11.5. The van der Waals surface area contributed by atoms with Gasteiger partial charge in [-0.1, -0.05) is 18.2 Å². The fourth-order valence-electron chi connectivity index (χ4n) is 2.34. The van der Waals surface area contributed by atoms with Crippen LogP contribution in [0.2, 0.25) is 0 Å². The summed E-state index contributed by atoms with van der Waals surface area (Å²) < 4.78 is 0. The Labute approximate surface area is 118 Å². The van der Waals surface area contributed by atoms with Crippen molar-refractivity contribution in [1.82, 2.24) is 15.0 Å². The predicted molar refractivity (Wildman–Crippen MR) is 80.2 cm³/mol. The monoisotopic (exact) mass is 270 g/mol. The van der Waals surface area contributed by atoms with Gasteiger partial charge in [0.05, 0.1) is 0 Å². The summed E-state index contributed by atoms with van der Waals surface area (Å²) in [5.41, 5.74) is 6.85. The van der Waals surface area contributed by atoms with Crippen LogP contribution in [0.15, 0.2) is 30.3 Å². The molecule has 1 saturated heterocycles. The van der Waals surface area contributed by atoms with Crippen molar-refractivity contribution in [3.05, 3.63) is 30.3 Å². The van der Waals surface area contributed by atoms with Crippen molar-refractivity contribution in [2.24, 2.45) is 0 Å². The highest BCUT2D eigenvalue weighted by atomic mass is 15.3. The number of rotatable bonds is 3. The van der Waals surface area contributed by atoms with Crippen molar-refractivity contribution < 1.29 is 0 Å². The lowest BCUT2D eigenvalue weighted by atomic mass is 10.3. The second-order valence-electron chi connectivity index (χ2n) is 4.88. The lowest BCUT2D eigenvalue weighted by Crippen LogP contribution is -2.23. The molecule has 3 rings (SSSR count). The van der Waals surface area contributed by atoms with E-state index >= 15 is 0 Å². The van der Waals surface area contributed by atoms with Crippen LogP contribution in [-0.2, 0) is 0 Å². The molecule has 104 valence electrons. The lowest BCUT2D eigenvalue weighted by Gasteiger charge is -2.20. The van der Waals surface area contributed by atoms with Gasteiger partial charge < -0.3 is 15.5 Å². The number of nitrogen functional groups attached to an aromatic ring is 1. The topological polar surface area (TPSA) is 71.2 Å². The molecule has 0 amide bonds. The number of hydrogen-bond acceptors (Lipinski definition) is 6. The summed E-state index contributed by atoms with van der Waals surface area (Å²) in [6.07, 6.45) is 2.35. The number of para-hydroxylation sites is 1. The molecule has 6 nitrogen and oxygen atoms in total. The Morgan fingerprint density at radius 1 is 1.05 bits per heavy atom. The summed E-state index contributed by atoms with van der Waals surface area (Å²) in [6.45, 7) is 1.97. The van der Waals surface area contributed by atoms with Gasteiger partial charge in [-0.3, -0.25) is 0 Å². The third-order valence-electron chi connectivity index (χ3n) is 3.46. The Balaban J connectivity index is 1.93.